The van der Waals surface area contributed by atoms with E-state index >= 15 is 0 Å². The van der Waals surface area contributed by atoms with Gasteiger partial charge in [-0.05, 0) is 27.7 Å². The Hall–Kier alpha value is -1.63. The summed E-state index contributed by atoms with van der Waals surface area (Å²) in [4.78, 5) is 14.4. The SMILES string of the molecule is CNc1nc(OC(C)C)nc(N(C)CC(C)(C)O)n1. The van der Waals surface area contributed by atoms with E-state index in [1.165, 1.54) is 0 Å². The summed E-state index contributed by atoms with van der Waals surface area (Å²) >= 11 is 0. The van der Waals surface area contributed by atoms with Crippen molar-refractivity contribution in [3.05, 3.63) is 0 Å². The van der Waals surface area contributed by atoms with Gasteiger partial charge in [-0.1, -0.05) is 0 Å². The van der Waals surface area contributed by atoms with Gasteiger partial charge in [0.2, 0.25) is 11.9 Å². The zero-order chi connectivity index (χ0) is 14.6. The summed E-state index contributed by atoms with van der Waals surface area (Å²) in [5.41, 5.74) is -0.833. The largest absolute Gasteiger partial charge is 0.461 e. The van der Waals surface area contributed by atoms with Crippen molar-refractivity contribution in [2.75, 3.05) is 30.9 Å². The molecule has 0 unspecified atom stereocenters. The van der Waals surface area contributed by atoms with Crippen molar-refractivity contribution in [2.24, 2.45) is 0 Å². The molecule has 0 radical (unpaired) electrons. The molecule has 0 fully saturated rings. The van der Waals surface area contributed by atoms with Crippen molar-refractivity contribution < 1.29 is 9.84 Å². The fraction of sp³-hybridized carbons (Fsp3) is 0.750. The van der Waals surface area contributed by atoms with E-state index in [0.717, 1.165) is 0 Å². The second-order valence-electron chi connectivity index (χ2n) is 5.33. The molecule has 0 aromatic carbocycles. The van der Waals surface area contributed by atoms with E-state index in [1.807, 2.05) is 20.9 Å². The molecule has 2 N–H and O–H groups in total. The zero-order valence-corrected chi connectivity index (χ0v) is 12.4. The van der Waals surface area contributed by atoms with Gasteiger partial charge in [0, 0.05) is 20.6 Å². The van der Waals surface area contributed by atoms with Crippen LogP contribution in [0.15, 0.2) is 0 Å². The van der Waals surface area contributed by atoms with Gasteiger partial charge >= 0.3 is 6.01 Å². The van der Waals surface area contributed by atoms with E-state index in [-0.39, 0.29) is 12.1 Å². The maximum atomic E-state index is 9.83. The predicted molar refractivity (Wildman–Crippen MR) is 74.7 cm³/mol. The first-order valence-corrected chi connectivity index (χ1v) is 6.25. The number of nitrogens with one attached hydrogen (secondary N) is 1. The van der Waals surface area contributed by atoms with Gasteiger partial charge in [-0.3, -0.25) is 0 Å². The summed E-state index contributed by atoms with van der Waals surface area (Å²) in [5, 5.41) is 12.7. The summed E-state index contributed by atoms with van der Waals surface area (Å²) in [5.74, 6) is 0.889. The van der Waals surface area contributed by atoms with Gasteiger partial charge in [-0.15, -0.1) is 0 Å². The molecule has 1 aromatic heterocycles. The van der Waals surface area contributed by atoms with Gasteiger partial charge in [0.05, 0.1) is 11.7 Å². The van der Waals surface area contributed by atoms with Crippen LogP contribution < -0.4 is 15.0 Å². The highest BCUT2D eigenvalue weighted by Crippen LogP contribution is 2.16. The number of nitrogens with zero attached hydrogens (tertiary/aromatic N) is 4. The van der Waals surface area contributed by atoms with Gasteiger partial charge in [0.25, 0.3) is 0 Å². The molecule has 1 heterocycles. The van der Waals surface area contributed by atoms with Crippen LogP contribution in [-0.4, -0.2) is 52.4 Å². The van der Waals surface area contributed by atoms with Gasteiger partial charge in [0.15, 0.2) is 0 Å². The number of hydrogen-bond acceptors (Lipinski definition) is 7. The van der Waals surface area contributed by atoms with E-state index < -0.39 is 5.60 Å². The van der Waals surface area contributed by atoms with Gasteiger partial charge in [-0.25, -0.2) is 0 Å². The molecule has 0 bridgehead atoms. The molecule has 0 saturated carbocycles. The normalized spacial score (nSPS) is 11.6. The highest BCUT2D eigenvalue weighted by Gasteiger charge is 2.19. The van der Waals surface area contributed by atoms with E-state index in [4.69, 9.17) is 4.74 Å². The van der Waals surface area contributed by atoms with Crippen molar-refractivity contribution in [1.29, 1.82) is 0 Å². The molecule has 1 rings (SSSR count). The Morgan fingerprint density at radius 3 is 2.42 bits per heavy atom. The second-order valence-corrected chi connectivity index (χ2v) is 5.33. The molecule has 1 aromatic rings. The molecule has 0 spiro atoms. The van der Waals surface area contributed by atoms with Crippen LogP contribution in [0.25, 0.3) is 0 Å². The number of hydrogen-bond donors (Lipinski definition) is 2. The van der Waals surface area contributed by atoms with E-state index in [9.17, 15) is 5.11 Å². The molecule has 0 aliphatic carbocycles. The van der Waals surface area contributed by atoms with E-state index in [0.29, 0.717) is 18.4 Å². The topological polar surface area (TPSA) is 83.4 Å². The van der Waals surface area contributed by atoms with E-state index in [2.05, 4.69) is 20.3 Å². The Labute approximate surface area is 114 Å². The Morgan fingerprint density at radius 2 is 1.95 bits per heavy atom. The highest BCUT2D eigenvalue weighted by molar-refractivity contribution is 5.37. The molecule has 0 amide bonds. The standard InChI is InChI=1S/C12H23N5O2/c1-8(2)19-11-15-9(13-5)14-10(16-11)17(6)7-12(3,4)18/h8,18H,7H2,1-6H3,(H,13,14,15,16). The molecule has 0 saturated heterocycles. The van der Waals surface area contributed by atoms with Crippen LogP contribution in [-0.2, 0) is 0 Å². The van der Waals surface area contributed by atoms with Crippen LogP contribution >= 0.6 is 0 Å². The van der Waals surface area contributed by atoms with E-state index in [1.54, 1.807) is 25.8 Å². The lowest BCUT2D eigenvalue weighted by molar-refractivity contribution is 0.0882. The predicted octanol–water partition coefficient (Wildman–Crippen LogP) is 0.908. The van der Waals surface area contributed by atoms with Crippen LogP contribution in [0.2, 0.25) is 0 Å². The van der Waals surface area contributed by atoms with Crippen LogP contribution in [0.3, 0.4) is 0 Å². The summed E-state index contributed by atoms with van der Waals surface area (Å²) in [6.45, 7) is 7.68. The minimum absolute atomic E-state index is 0.0143. The first kappa shape index (κ1) is 15.4. The molecule has 108 valence electrons. The second kappa shape index (κ2) is 6.01. The number of ether oxygens (including phenoxy) is 1. The minimum atomic E-state index is -0.833. The lowest BCUT2D eigenvalue weighted by Gasteiger charge is -2.25. The number of aromatic nitrogens is 3. The first-order chi connectivity index (χ1) is 8.71. The average Bonchev–Trinajstić information content (AvgIpc) is 2.25. The third kappa shape index (κ3) is 5.25. The number of rotatable bonds is 6. The van der Waals surface area contributed by atoms with Gasteiger partial charge in [0.1, 0.15) is 0 Å². The summed E-state index contributed by atoms with van der Waals surface area (Å²) in [7, 11) is 3.54. The smallest absolute Gasteiger partial charge is 0.323 e. The summed E-state index contributed by atoms with van der Waals surface area (Å²) in [6, 6.07) is 0.270. The monoisotopic (exact) mass is 269 g/mol. The van der Waals surface area contributed by atoms with Crippen molar-refractivity contribution >= 4 is 11.9 Å². The highest BCUT2D eigenvalue weighted by atomic mass is 16.5. The molecular weight excluding hydrogens is 246 g/mol. The van der Waals surface area contributed by atoms with Crippen molar-refractivity contribution in [2.45, 2.75) is 39.4 Å². The molecule has 7 nitrogen and oxygen atoms in total. The van der Waals surface area contributed by atoms with Gasteiger partial charge < -0.3 is 20.1 Å². The Balaban J connectivity index is 2.99. The first-order valence-electron chi connectivity index (χ1n) is 6.25. The molecule has 7 heteroatoms. The quantitative estimate of drug-likeness (QED) is 0.794. The molecular formula is C12H23N5O2. The van der Waals surface area contributed by atoms with Crippen molar-refractivity contribution in [1.82, 2.24) is 15.0 Å². The number of aliphatic hydroxyl groups is 1. The molecule has 0 aliphatic rings. The van der Waals surface area contributed by atoms with Crippen molar-refractivity contribution in [3.63, 3.8) is 0 Å². The number of anilines is 2. The minimum Gasteiger partial charge on any atom is -0.461 e. The third-order valence-electron chi connectivity index (χ3n) is 2.13. The summed E-state index contributed by atoms with van der Waals surface area (Å²) in [6.07, 6.45) is -0.0143. The number of likely N-dealkylation sites (N-methyl/N-ethyl adjacent to an activating group) is 1. The van der Waals surface area contributed by atoms with Crippen LogP contribution in [0, 0.1) is 0 Å². The summed E-state index contributed by atoms with van der Waals surface area (Å²) < 4.78 is 5.49. The van der Waals surface area contributed by atoms with Crippen LogP contribution in [0.5, 0.6) is 6.01 Å². The third-order valence-corrected chi connectivity index (χ3v) is 2.13. The maximum Gasteiger partial charge on any atom is 0.323 e. The molecule has 19 heavy (non-hydrogen) atoms. The lowest BCUT2D eigenvalue weighted by atomic mass is 10.1. The Bertz CT molecular complexity index is 417. The maximum absolute atomic E-state index is 9.83. The Kier molecular flexibility index (Phi) is 4.88. The van der Waals surface area contributed by atoms with Gasteiger partial charge in [-0.2, -0.15) is 15.0 Å². The average molecular weight is 269 g/mol. The van der Waals surface area contributed by atoms with Crippen molar-refractivity contribution in [3.8, 4) is 6.01 Å². The fourth-order valence-electron chi connectivity index (χ4n) is 1.54. The fourth-order valence-corrected chi connectivity index (χ4v) is 1.54. The zero-order valence-electron chi connectivity index (χ0n) is 12.4. The molecule has 0 aliphatic heterocycles. The Morgan fingerprint density at radius 1 is 1.32 bits per heavy atom. The van der Waals surface area contributed by atoms with Crippen LogP contribution in [0.4, 0.5) is 11.9 Å². The van der Waals surface area contributed by atoms with Crippen LogP contribution in [0.1, 0.15) is 27.7 Å². The molecule has 0 atom stereocenters. The lowest BCUT2D eigenvalue weighted by Crippen LogP contribution is -2.37.